The van der Waals surface area contributed by atoms with Crippen molar-refractivity contribution in [1.29, 1.82) is 0 Å². The van der Waals surface area contributed by atoms with E-state index >= 15 is 0 Å². The summed E-state index contributed by atoms with van der Waals surface area (Å²) in [6.45, 7) is 5.35. The first-order chi connectivity index (χ1) is 9.04. The van der Waals surface area contributed by atoms with Gasteiger partial charge >= 0.3 is 5.69 Å². The van der Waals surface area contributed by atoms with Crippen molar-refractivity contribution in [1.82, 2.24) is 4.90 Å². The highest BCUT2D eigenvalue weighted by Gasteiger charge is 2.25. The zero-order valence-corrected chi connectivity index (χ0v) is 11.6. The van der Waals surface area contributed by atoms with Crippen LogP contribution in [0.3, 0.4) is 0 Å². The molecule has 0 aromatic heterocycles. The molecule has 1 fully saturated rings. The van der Waals surface area contributed by atoms with E-state index in [0.29, 0.717) is 16.2 Å². The van der Waals surface area contributed by atoms with Crippen LogP contribution in [0.2, 0.25) is 0 Å². The van der Waals surface area contributed by atoms with Gasteiger partial charge in [-0.3, -0.25) is 4.79 Å². The molecule has 0 N–H and O–H groups in total. The van der Waals surface area contributed by atoms with Gasteiger partial charge in [0, 0.05) is 30.8 Å². The first kappa shape index (κ1) is 13.5. The van der Waals surface area contributed by atoms with Gasteiger partial charge in [0.2, 0.25) is 0 Å². The number of aryl methyl sites for hydroxylation is 2. The van der Waals surface area contributed by atoms with Gasteiger partial charge in [-0.2, -0.15) is 0 Å². The minimum atomic E-state index is 0.0638. The lowest BCUT2D eigenvalue weighted by atomic mass is 10.0. The molecule has 2 rings (SSSR count). The molecule has 0 spiro atoms. The van der Waals surface area contributed by atoms with Crippen LogP contribution in [0.5, 0.6) is 0 Å². The number of amides is 1. The predicted molar refractivity (Wildman–Crippen MR) is 71.3 cm³/mol. The summed E-state index contributed by atoms with van der Waals surface area (Å²) in [5.74, 6) is 0.0638. The summed E-state index contributed by atoms with van der Waals surface area (Å²) in [5, 5.41) is 0. The number of hydrogen-bond acceptors (Lipinski definition) is 3. The van der Waals surface area contributed by atoms with Crippen LogP contribution in [0.25, 0.3) is 0 Å². The van der Waals surface area contributed by atoms with Crippen LogP contribution in [0.1, 0.15) is 34.3 Å². The fraction of sp³-hybridized carbons (Fsp3) is 0.500. The van der Waals surface area contributed by atoms with E-state index < -0.39 is 0 Å². The first-order valence-electron chi connectivity index (χ1n) is 6.46. The number of rotatable bonds is 3. The molecule has 0 aliphatic carbocycles. The van der Waals surface area contributed by atoms with Crippen LogP contribution in [0, 0.1) is 18.8 Å². The Bertz CT molecular complexity index is 496. The average Bonchev–Trinajstić information content (AvgIpc) is 2.90. The van der Waals surface area contributed by atoms with Crippen molar-refractivity contribution in [2.75, 3.05) is 20.2 Å². The zero-order valence-electron chi connectivity index (χ0n) is 11.6. The van der Waals surface area contributed by atoms with Crippen LogP contribution < -0.4 is 0 Å². The highest BCUT2D eigenvalue weighted by atomic mass is 16.8. The summed E-state index contributed by atoms with van der Waals surface area (Å²) in [4.78, 5) is 30.8. The lowest BCUT2D eigenvalue weighted by molar-refractivity contribution is -0.736. The van der Waals surface area contributed by atoms with E-state index in [2.05, 4.69) is 4.84 Å². The fourth-order valence-electron chi connectivity index (χ4n) is 2.57. The van der Waals surface area contributed by atoms with Gasteiger partial charge in [-0.1, -0.05) is 0 Å². The molecule has 1 aromatic rings. The van der Waals surface area contributed by atoms with Crippen LogP contribution in [0.15, 0.2) is 12.1 Å². The molecule has 0 radical (unpaired) electrons. The van der Waals surface area contributed by atoms with Gasteiger partial charge in [0.15, 0.2) is 7.11 Å². The SMILES string of the molecule is CO[N+](=O)c1cc(C)c(C(=O)N2CCCC2)c(C)c1. The normalized spacial score (nSPS) is 14.6. The molecule has 0 bridgehead atoms. The van der Waals surface area contributed by atoms with E-state index in [0.717, 1.165) is 37.1 Å². The topological polar surface area (TPSA) is 49.6 Å². The molecule has 5 heteroatoms. The Kier molecular flexibility index (Phi) is 3.83. The van der Waals surface area contributed by atoms with Crippen molar-refractivity contribution in [3.8, 4) is 0 Å². The standard InChI is InChI=1S/C14H19N2O3/c1-10-8-12(16(18)19-3)9-11(2)13(10)14(17)15-6-4-5-7-15/h8-9H,4-7H2,1-3H3/q+1. The highest BCUT2D eigenvalue weighted by Crippen LogP contribution is 2.24. The molecular weight excluding hydrogens is 244 g/mol. The van der Waals surface area contributed by atoms with Gasteiger partial charge in [-0.05, 0) is 37.8 Å². The average molecular weight is 263 g/mol. The maximum absolute atomic E-state index is 12.4. The summed E-state index contributed by atoms with van der Waals surface area (Å²) in [5.41, 5.74) is 2.74. The van der Waals surface area contributed by atoms with Crippen molar-refractivity contribution < 1.29 is 14.6 Å². The molecule has 1 aromatic carbocycles. The molecule has 1 amide bonds. The second-order valence-electron chi connectivity index (χ2n) is 4.89. The minimum absolute atomic E-state index is 0.0638. The summed E-state index contributed by atoms with van der Waals surface area (Å²) >= 11 is 0. The fourth-order valence-corrected chi connectivity index (χ4v) is 2.57. The second-order valence-corrected chi connectivity index (χ2v) is 4.89. The number of nitrogens with zero attached hydrogens (tertiary/aromatic N) is 2. The molecule has 1 heterocycles. The predicted octanol–water partition coefficient (Wildman–Crippen LogP) is 2.51. The lowest BCUT2D eigenvalue weighted by Crippen LogP contribution is -2.29. The van der Waals surface area contributed by atoms with Gasteiger partial charge in [-0.25, -0.2) is 4.84 Å². The molecule has 1 aliphatic rings. The van der Waals surface area contributed by atoms with Gasteiger partial charge in [0.1, 0.15) is 0 Å². The first-order valence-corrected chi connectivity index (χ1v) is 6.46. The van der Waals surface area contributed by atoms with E-state index in [1.165, 1.54) is 7.11 Å². The monoisotopic (exact) mass is 263 g/mol. The van der Waals surface area contributed by atoms with Gasteiger partial charge in [-0.15, -0.1) is 0 Å². The van der Waals surface area contributed by atoms with Gasteiger partial charge < -0.3 is 4.90 Å². The summed E-state index contributed by atoms with van der Waals surface area (Å²) < 4.78 is 0. The van der Waals surface area contributed by atoms with E-state index in [1.54, 1.807) is 12.1 Å². The number of benzene rings is 1. The molecule has 0 unspecified atom stereocenters. The van der Waals surface area contributed by atoms with Crippen molar-refractivity contribution in [2.45, 2.75) is 26.7 Å². The Balaban J connectivity index is 2.36. The van der Waals surface area contributed by atoms with Gasteiger partial charge in [0.25, 0.3) is 10.8 Å². The van der Waals surface area contributed by atoms with Crippen LogP contribution >= 0.6 is 0 Å². The number of carbonyl (C=O) groups excluding carboxylic acids is 1. The molecular formula is C14H19N2O3+. The Morgan fingerprint density at radius 2 is 1.74 bits per heavy atom. The Morgan fingerprint density at radius 3 is 2.21 bits per heavy atom. The van der Waals surface area contributed by atoms with Crippen molar-refractivity contribution in [3.05, 3.63) is 33.7 Å². The minimum Gasteiger partial charge on any atom is -0.339 e. The van der Waals surface area contributed by atoms with Crippen molar-refractivity contribution in [3.63, 3.8) is 0 Å². The third-order valence-corrected chi connectivity index (χ3v) is 3.50. The zero-order chi connectivity index (χ0) is 14.0. The van der Waals surface area contributed by atoms with E-state index in [4.69, 9.17) is 0 Å². The summed E-state index contributed by atoms with van der Waals surface area (Å²) in [6, 6.07) is 3.37. The second kappa shape index (κ2) is 5.38. The third kappa shape index (κ3) is 2.59. The largest absolute Gasteiger partial charge is 0.339 e. The number of carbonyl (C=O) groups is 1. The van der Waals surface area contributed by atoms with Crippen LogP contribution in [0.4, 0.5) is 5.69 Å². The highest BCUT2D eigenvalue weighted by molar-refractivity contribution is 5.97. The maximum Gasteiger partial charge on any atom is 0.317 e. The quantitative estimate of drug-likeness (QED) is 0.787. The van der Waals surface area contributed by atoms with Crippen molar-refractivity contribution >= 4 is 11.6 Å². The Labute approximate surface area is 112 Å². The molecule has 0 saturated carbocycles. The molecule has 0 atom stereocenters. The molecule has 1 aliphatic heterocycles. The number of likely N-dealkylation sites (tertiary alicyclic amines) is 1. The molecule has 102 valence electrons. The van der Waals surface area contributed by atoms with Crippen LogP contribution in [-0.4, -0.2) is 35.9 Å². The smallest absolute Gasteiger partial charge is 0.317 e. The van der Waals surface area contributed by atoms with E-state index in [1.807, 2.05) is 18.7 Å². The summed E-state index contributed by atoms with van der Waals surface area (Å²) in [7, 11) is 1.32. The molecule has 1 saturated heterocycles. The molecule has 19 heavy (non-hydrogen) atoms. The van der Waals surface area contributed by atoms with Crippen molar-refractivity contribution in [2.24, 2.45) is 0 Å². The van der Waals surface area contributed by atoms with Crippen LogP contribution in [-0.2, 0) is 4.84 Å². The lowest BCUT2D eigenvalue weighted by Gasteiger charge is -2.18. The summed E-state index contributed by atoms with van der Waals surface area (Å²) in [6.07, 6.45) is 2.14. The molecule has 5 nitrogen and oxygen atoms in total. The third-order valence-electron chi connectivity index (χ3n) is 3.50. The Morgan fingerprint density at radius 1 is 1.21 bits per heavy atom. The van der Waals surface area contributed by atoms with Gasteiger partial charge in [0.05, 0.1) is 4.91 Å². The Hall–Kier alpha value is -1.91. The maximum atomic E-state index is 12.4. The number of hydrogen-bond donors (Lipinski definition) is 0. The van der Waals surface area contributed by atoms with E-state index in [-0.39, 0.29) is 5.91 Å². The van der Waals surface area contributed by atoms with E-state index in [9.17, 15) is 9.70 Å².